The van der Waals surface area contributed by atoms with Crippen LogP contribution in [0.4, 0.5) is 0 Å². The van der Waals surface area contributed by atoms with E-state index in [4.69, 9.17) is 9.88 Å². The summed E-state index contributed by atoms with van der Waals surface area (Å²) in [6, 6.07) is 6.49. The van der Waals surface area contributed by atoms with Crippen LogP contribution < -0.4 is 5.14 Å². The Morgan fingerprint density at radius 1 is 1.38 bits per heavy atom. The van der Waals surface area contributed by atoms with Crippen LogP contribution in [0, 0.1) is 0 Å². The fraction of sp³-hybridized carbons (Fsp3) is 0.250. The van der Waals surface area contributed by atoms with Gasteiger partial charge in [0, 0.05) is 7.11 Å². The molecule has 5 heteroatoms. The molecule has 0 saturated heterocycles. The molecule has 72 valence electrons. The average molecular weight is 201 g/mol. The zero-order valence-electron chi connectivity index (χ0n) is 7.23. The molecule has 0 spiro atoms. The summed E-state index contributed by atoms with van der Waals surface area (Å²) in [5.74, 6) is 0. The van der Waals surface area contributed by atoms with Crippen LogP contribution in [-0.4, -0.2) is 15.5 Å². The summed E-state index contributed by atoms with van der Waals surface area (Å²) >= 11 is 0. The van der Waals surface area contributed by atoms with E-state index in [0.717, 1.165) is 0 Å². The topological polar surface area (TPSA) is 69.4 Å². The molecule has 1 aromatic rings. The van der Waals surface area contributed by atoms with Gasteiger partial charge in [0.2, 0.25) is 10.0 Å². The molecule has 13 heavy (non-hydrogen) atoms. The van der Waals surface area contributed by atoms with Gasteiger partial charge in [0.05, 0.1) is 11.5 Å². The highest BCUT2D eigenvalue weighted by atomic mass is 32.2. The van der Waals surface area contributed by atoms with Crippen LogP contribution in [0.1, 0.15) is 5.56 Å². The molecule has 0 radical (unpaired) electrons. The van der Waals surface area contributed by atoms with Crippen molar-refractivity contribution in [3.05, 3.63) is 29.8 Å². The molecule has 2 N–H and O–H groups in total. The molecular formula is C8H11NO3S. The molecule has 0 aromatic heterocycles. The van der Waals surface area contributed by atoms with Crippen LogP contribution in [0.2, 0.25) is 0 Å². The lowest BCUT2D eigenvalue weighted by Gasteiger charge is -2.05. The molecule has 1 rings (SSSR count). The Bertz CT molecular complexity index is 386. The van der Waals surface area contributed by atoms with Crippen molar-refractivity contribution >= 4 is 10.0 Å². The second-order valence-electron chi connectivity index (χ2n) is 2.59. The van der Waals surface area contributed by atoms with Crippen LogP contribution in [-0.2, 0) is 21.4 Å². The molecule has 4 nitrogen and oxygen atoms in total. The Kier molecular flexibility index (Phi) is 3.02. The molecule has 0 unspecified atom stereocenters. The summed E-state index contributed by atoms with van der Waals surface area (Å²) in [7, 11) is -2.14. The minimum Gasteiger partial charge on any atom is -0.380 e. The van der Waals surface area contributed by atoms with Gasteiger partial charge in [-0.1, -0.05) is 18.2 Å². The van der Waals surface area contributed by atoms with Gasteiger partial charge in [0.1, 0.15) is 0 Å². The van der Waals surface area contributed by atoms with Gasteiger partial charge in [-0.3, -0.25) is 0 Å². The first-order valence-corrected chi connectivity index (χ1v) is 5.20. The van der Waals surface area contributed by atoms with Gasteiger partial charge in [-0.05, 0) is 11.6 Å². The van der Waals surface area contributed by atoms with Gasteiger partial charge in [-0.25, -0.2) is 13.6 Å². The lowest BCUT2D eigenvalue weighted by atomic mass is 10.2. The zero-order valence-corrected chi connectivity index (χ0v) is 8.04. The summed E-state index contributed by atoms with van der Waals surface area (Å²) in [5.41, 5.74) is 0.576. The molecule has 0 aliphatic heterocycles. The summed E-state index contributed by atoms with van der Waals surface area (Å²) in [5, 5.41) is 5.00. The van der Waals surface area contributed by atoms with Crippen molar-refractivity contribution < 1.29 is 13.2 Å². The van der Waals surface area contributed by atoms with Gasteiger partial charge in [-0.15, -0.1) is 0 Å². The van der Waals surface area contributed by atoms with E-state index in [9.17, 15) is 8.42 Å². The van der Waals surface area contributed by atoms with Gasteiger partial charge in [-0.2, -0.15) is 0 Å². The first-order chi connectivity index (χ1) is 6.05. The standard InChI is InChI=1S/C8H11NO3S/c1-12-6-7-4-2-3-5-8(7)13(9,10)11/h2-5H,6H2,1H3,(H2,9,10,11). The number of methoxy groups -OCH3 is 1. The van der Waals surface area contributed by atoms with Crippen molar-refractivity contribution in [3.63, 3.8) is 0 Å². The SMILES string of the molecule is COCc1ccccc1S(N)(=O)=O. The first kappa shape index (κ1) is 10.2. The Morgan fingerprint density at radius 2 is 2.00 bits per heavy atom. The van der Waals surface area contributed by atoms with E-state index in [2.05, 4.69) is 0 Å². The fourth-order valence-corrected chi connectivity index (χ4v) is 1.82. The predicted molar refractivity (Wildman–Crippen MR) is 48.5 cm³/mol. The number of rotatable bonds is 3. The Balaban J connectivity index is 3.20. The second-order valence-corrected chi connectivity index (χ2v) is 4.12. The van der Waals surface area contributed by atoms with Crippen molar-refractivity contribution in [1.82, 2.24) is 0 Å². The van der Waals surface area contributed by atoms with Gasteiger partial charge in [0.15, 0.2) is 0 Å². The lowest BCUT2D eigenvalue weighted by molar-refractivity contribution is 0.182. The smallest absolute Gasteiger partial charge is 0.238 e. The van der Waals surface area contributed by atoms with Crippen molar-refractivity contribution in [2.75, 3.05) is 7.11 Å². The number of hydrogen-bond acceptors (Lipinski definition) is 3. The highest BCUT2D eigenvalue weighted by Crippen LogP contribution is 2.13. The van der Waals surface area contributed by atoms with E-state index >= 15 is 0 Å². The molecular weight excluding hydrogens is 190 g/mol. The van der Waals surface area contributed by atoms with Gasteiger partial charge >= 0.3 is 0 Å². The fourth-order valence-electron chi connectivity index (χ4n) is 1.06. The number of benzene rings is 1. The largest absolute Gasteiger partial charge is 0.380 e. The molecule has 0 bridgehead atoms. The zero-order chi connectivity index (χ0) is 9.90. The van der Waals surface area contributed by atoms with E-state index in [1.165, 1.54) is 13.2 Å². The minimum atomic E-state index is -3.64. The van der Waals surface area contributed by atoms with E-state index < -0.39 is 10.0 Å². The highest BCUT2D eigenvalue weighted by molar-refractivity contribution is 7.89. The van der Waals surface area contributed by atoms with Crippen LogP contribution in [0.3, 0.4) is 0 Å². The van der Waals surface area contributed by atoms with Gasteiger partial charge in [0.25, 0.3) is 0 Å². The van der Waals surface area contributed by atoms with Crippen molar-refractivity contribution in [3.8, 4) is 0 Å². The Labute approximate surface area is 77.4 Å². The minimum absolute atomic E-state index is 0.122. The normalized spacial score (nSPS) is 11.5. The number of nitrogens with two attached hydrogens (primary N) is 1. The Morgan fingerprint density at radius 3 is 2.54 bits per heavy atom. The first-order valence-electron chi connectivity index (χ1n) is 3.65. The maximum atomic E-state index is 11.1. The average Bonchev–Trinajstić information content (AvgIpc) is 2.04. The number of hydrogen-bond donors (Lipinski definition) is 1. The molecule has 1 aromatic carbocycles. The molecule has 0 heterocycles. The number of ether oxygens (including phenoxy) is 1. The van der Waals surface area contributed by atoms with Crippen molar-refractivity contribution in [1.29, 1.82) is 0 Å². The second kappa shape index (κ2) is 3.87. The van der Waals surface area contributed by atoms with E-state index in [-0.39, 0.29) is 11.5 Å². The van der Waals surface area contributed by atoms with Crippen LogP contribution in [0.15, 0.2) is 29.2 Å². The van der Waals surface area contributed by atoms with Crippen molar-refractivity contribution in [2.45, 2.75) is 11.5 Å². The van der Waals surface area contributed by atoms with E-state index in [1.54, 1.807) is 18.2 Å². The third-order valence-electron chi connectivity index (χ3n) is 1.58. The number of primary sulfonamides is 1. The molecule has 0 aliphatic rings. The third kappa shape index (κ3) is 2.51. The summed E-state index contributed by atoms with van der Waals surface area (Å²) in [6.45, 7) is 0.243. The molecule has 0 saturated carbocycles. The summed E-state index contributed by atoms with van der Waals surface area (Å²) in [4.78, 5) is 0.122. The van der Waals surface area contributed by atoms with Crippen LogP contribution in [0.5, 0.6) is 0 Å². The van der Waals surface area contributed by atoms with Crippen LogP contribution >= 0.6 is 0 Å². The lowest BCUT2D eigenvalue weighted by Crippen LogP contribution is -2.14. The third-order valence-corrected chi connectivity index (χ3v) is 2.59. The van der Waals surface area contributed by atoms with E-state index in [1.807, 2.05) is 0 Å². The maximum absolute atomic E-state index is 11.1. The molecule has 0 aliphatic carbocycles. The van der Waals surface area contributed by atoms with Crippen molar-refractivity contribution in [2.24, 2.45) is 5.14 Å². The predicted octanol–water partition coefficient (Wildman–Crippen LogP) is 0.480. The molecule has 0 atom stereocenters. The molecule has 0 fully saturated rings. The van der Waals surface area contributed by atoms with Crippen LogP contribution in [0.25, 0.3) is 0 Å². The highest BCUT2D eigenvalue weighted by Gasteiger charge is 2.11. The summed E-state index contributed by atoms with van der Waals surface area (Å²) < 4.78 is 26.9. The maximum Gasteiger partial charge on any atom is 0.238 e. The summed E-state index contributed by atoms with van der Waals surface area (Å²) in [6.07, 6.45) is 0. The number of sulfonamides is 1. The molecule has 0 amide bonds. The Hall–Kier alpha value is -0.910. The quantitative estimate of drug-likeness (QED) is 0.773. The van der Waals surface area contributed by atoms with Gasteiger partial charge < -0.3 is 4.74 Å². The monoisotopic (exact) mass is 201 g/mol. The van der Waals surface area contributed by atoms with E-state index in [0.29, 0.717) is 5.56 Å².